The standard InChI is InChI=1S/C17H33N3O2/c1-6-17(7-2,12-18)16(22)20-10-8-14(9-11-20)15(21)19(5)13(3)4/h13-14H,6-12,18H2,1-5H3. The Bertz CT molecular complexity index is 375. The first-order chi connectivity index (χ1) is 10.3. The molecule has 1 aliphatic rings. The number of hydrogen-bond acceptors (Lipinski definition) is 3. The predicted octanol–water partition coefficient (Wildman–Crippen LogP) is 1.86. The van der Waals surface area contributed by atoms with E-state index in [9.17, 15) is 9.59 Å². The van der Waals surface area contributed by atoms with Crippen molar-refractivity contribution in [2.24, 2.45) is 17.1 Å². The molecular formula is C17H33N3O2. The van der Waals surface area contributed by atoms with Gasteiger partial charge in [-0.25, -0.2) is 0 Å². The van der Waals surface area contributed by atoms with Gasteiger partial charge in [-0.15, -0.1) is 0 Å². The molecule has 2 N–H and O–H groups in total. The third-order valence-electron chi connectivity index (χ3n) is 5.45. The van der Waals surface area contributed by atoms with Crippen LogP contribution in [0, 0.1) is 11.3 Å². The summed E-state index contributed by atoms with van der Waals surface area (Å²) in [5, 5.41) is 0. The van der Waals surface area contributed by atoms with Gasteiger partial charge in [-0.3, -0.25) is 9.59 Å². The van der Waals surface area contributed by atoms with E-state index in [1.54, 1.807) is 0 Å². The van der Waals surface area contributed by atoms with Gasteiger partial charge in [-0.05, 0) is 39.5 Å². The highest BCUT2D eigenvalue weighted by molar-refractivity contribution is 5.84. The molecule has 0 aliphatic carbocycles. The quantitative estimate of drug-likeness (QED) is 0.814. The van der Waals surface area contributed by atoms with Crippen LogP contribution in [0.3, 0.4) is 0 Å². The van der Waals surface area contributed by atoms with Crippen LogP contribution in [0.1, 0.15) is 53.4 Å². The zero-order valence-electron chi connectivity index (χ0n) is 14.9. The van der Waals surface area contributed by atoms with Gasteiger partial charge in [0, 0.05) is 38.6 Å². The first-order valence-corrected chi connectivity index (χ1v) is 8.59. The second kappa shape index (κ2) is 7.95. The van der Waals surface area contributed by atoms with Crippen molar-refractivity contribution in [3.63, 3.8) is 0 Å². The Morgan fingerprint density at radius 3 is 2.09 bits per heavy atom. The fourth-order valence-electron chi connectivity index (χ4n) is 3.14. The highest BCUT2D eigenvalue weighted by Gasteiger charge is 2.39. The smallest absolute Gasteiger partial charge is 0.230 e. The van der Waals surface area contributed by atoms with Gasteiger partial charge in [-0.1, -0.05) is 13.8 Å². The Balaban J connectivity index is 2.65. The second-order valence-electron chi connectivity index (χ2n) is 6.80. The summed E-state index contributed by atoms with van der Waals surface area (Å²) in [5.74, 6) is 0.424. The topological polar surface area (TPSA) is 66.6 Å². The number of amides is 2. The van der Waals surface area contributed by atoms with Crippen LogP contribution >= 0.6 is 0 Å². The van der Waals surface area contributed by atoms with E-state index >= 15 is 0 Å². The number of likely N-dealkylation sites (tertiary alicyclic amines) is 1. The van der Waals surface area contributed by atoms with Gasteiger partial charge in [0.25, 0.3) is 0 Å². The molecule has 1 fully saturated rings. The molecule has 0 unspecified atom stereocenters. The molecule has 2 amide bonds. The fourth-order valence-corrected chi connectivity index (χ4v) is 3.14. The Hall–Kier alpha value is -1.10. The van der Waals surface area contributed by atoms with Crippen molar-refractivity contribution < 1.29 is 9.59 Å². The molecule has 1 aliphatic heterocycles. The fraction of sp³-hybridized carbons (Fsp3) is 0.882. The van der Waals surface area contributed by atoms with Gasteiger partial charge in [0.05, 0.1) is 5.41 Å². The average Bonchev–Trinajstić information content (AvgIpc) is 2.55. The molecule has 0 aromatic carbocycles. The molecule has 0 saturated carbocycles. The van der Waals surface area contributed by atoms with E-state index in [1.165, 1.54) is 0 Å². The maximum atomic E-state index is 12.8. The number of carbonyl (C=O) groups is 2. The summed E-state index contributed by atoms with van der Waals surface area (Å²) in [7, 11) is 1.86. The van der Waals surface area contributed by atoms with Crippen molar-refractivity contribution in [3.05, 3.63) is 0 Å². The van der Waals surface area contributed by atoms with E-state index in [1.807, 2.05) is 44.5 Å². The van der Waals surface area contributed by atoms with E-state index in [4.69, 9.17) is 5.73 Å². The molecule has 0 spiro atoms. The van der Waals surface area contributed by atoms with E-state index in [-0.39, 0.29) is 23.8 Å². The second-order valence-corrected chi connectivity index (χ2v) is 6.80. The van der Waals surface area contributed by atoms with E-state index in [0.29, 0.717) is 19.6 Å². The Morgan fingerprint density at radius 1 is 1.23 bits per heavy atom. The zero-order chi connectivity index (χ0) is 16.9. The predicted molar refractivity (Wildman–Crippen MR) is 89.3 cm³/mol. The third kappa shape index (κ3) is 3.80. The number of hydrogen-bond donors (Lipinski definition) is 1. The molecule has 128 valence electrons. The minimum absolute atomic E-state index is 0.0481. The lowest BCUT2D eigenvalue weighted by Crippen LogP contribution is -2.51. The Labute approximate surface area is 135 Å². The molecular weight excluding hydrogens is 278 g/mol. The van der Waals surface area contributed by atoms with Crippen molar-refractivity contribution in [1.82, 2.24) is 9.80 Å². The van der Waals surface area contributed by atoms with Crippen molar-refractivity contribution in [3.8, 4) is 0 Å². The lowest BCUT2D eigenvalue weighted by atomic mass is 9.80. The van der Waals surface area contributed by atoms with Gasteiger partial charge < -0.3 is 15.5 Å². The summed E-state index contributed by atoms with van der Waals surface area (Å²) >= 11 is 0. The molecule has 0 aromatic heterocycles. The zero-order valence-corrected chi connectivity index (χ0v) is 14.9. The Kier molecular flexibility index (Phi) is 6.85. The van der Waals surface area contributed by atoms with Gasteiger partial charge >= 0.3 is 0 Å². The molecule has 1 rings (SSSR count). The maximum absolute atomic E-state index is 12.8. The minimum Gasteiger partial charge on any atom is -0.343 e. The molecule has 22 heavy (non-hydrogen) atoms. The van der Waals surface area contributed by atoms with Crippen LogP contribution in [-0.2, 0) is 9.59 Å². The van der Waals surface area contributed by atoms with Gasteiger partial charge in [0.2, 0.25) is 11.8 Å². The maximum Gasteiger partial charge on any atom is 0.230 e. The lowest BCUT2D eigenvalue weighted by molar-refractivity contribution is -0.147. The first-order valence-electron chi connectivity index (χ1n) is 8.59. The van der Waals surface area contributed by atoms with Crippen LogP contribution in [0.4, 0.5) is 0 Å². The highest BCUT2D eigenvalue weighted by Crippen LogP contribution is 2.30. The summed E-state index contributed by atoms with van der Waals surface area (Å²) in [6, 6.07) is 0.220. The number of piperidine rings is 1. The van der Waals surface area contributed by atoms with Gasteiger partial charge in [-0.2, -0.15) is 0 Å². The molecule has 1 heterocycles. The minimum atomic E-state index is -0.425. The molecule has 0 atom stereocenters. The van der Waals surface area contributed by atoms with Crippen LogP contribution in [-0.4, -0.2) is 54.3 Å². The number of carbonyl (C=O) groups excluding carboxylic acids is 2. The highest BCUT2D eigenvalue weighted by atomic mass is 16.2. The summed E-state index contributed by atoms with van der Waals surface area (Å²) in [4.78, 5) is 28.9. The van der Waals surface area contributed by atoms with Crippen molar-refractivity contribution >= 4 is 11.8 Å². The van der Waals surface area contributed by atoms with E-state index < -0.39 is 5.41 Å². The van der Waals surface area contributed by atoms with Gasteiger partial charge in [0.15, 0.2) is 0 Å². The van der Waals surface area contributed by atoms with E-state index in [0.717, 1.165) is 25.7 Å². The van der Waals surface area contributed by atoms with Crippen LogP contribution in [0.5, 0.6) is 0 Å². The van der Waals surface area contributed by atoms with E-state index in [2.05, 4.69) is 0 Å². The van der Waals surface area contributed by atoms with Crippen molar-refractivity contribution in [1.29, 1.82) is 0 Å². The number of nitrogens with zero attached hydrogens (tertiary/aromatic N) is 2. The summed E-state index contributed by atoms with van der Waals surface area (Å²) < 4.78 is 0. The van der Waals surface area contributed by atoms with Crippen LogP contribution in [0.25, 0.3) is 0 Å². The molecule has 0 bridgehead atoms. The SMILES string of the molecule is CCC(CC)(CN)C(=O)N1CCC(C(=O)N(C)C(C)C)CC1. The largest absolute Gasteiger partial charge is 0.343 e. The van der Waals surface area contributed by atoms with Crippen molar-refractivity contribution in [2.75, 3.05) is 26.7 Å². The number of nitrogens with two attached hydrogens (primary N) is 1. The Morgan fingerprint density at radius 2 is 1.73 bits per heavy atom. The van der Waals surface area contributed by atoms with Crippen LogP contribution in [0.2, 0.25) is 0 Å². The van der Waals surface area contributed by atoms with Crippen LogP contribution in [0.15, 0.2) is 0 Å². The normalized spacial score (nSPS) is 17.0. The van der Waals surface area contributed by atoms with Gasteiger partial charge in [0.1, 0.15) is 0 Å². The lowest BCUT2D eigenvalue weighted by Gasteiger charge is -2.39. The molecule has 5 nitrogen and oxygen atoms in total. The summed E-state index contributed by atoms with van der Waals surface area (Å²) in [5.41, 5.74) is 5.45. The monoisotopic (exact) mass is 311 g/mol. The van der Waals surface area contributed by atoms with Crippen molar-refractivity contribution in [2.45, 2.75) is 59.4 Å². The molecule has 0 radical (unpaired) electrons. The third-order valence-corrected chi connectivity index (χ3v) is 5.45. The molecule has 1 saturated heterocycles. The first kappa shape index (κ1) is 18.9. The molecule has 5 heteroatoms. The van der Waals surface area contributed by atoms with Crippen LogP contribution < -0.4 is 5.73 Å². The number of rotatable bonds is 6. The summed E-state index contributed by atoms with van der Waals surface area (Å²) in [6.07, 6.45) is 3.06. The molecule has 0 aromatic rings. The average molecular weight is 311 g/mol. The summed E-state index contributed by atoms with van der Waals surface area (Å²) in [6.45, 7) is 9.84.